The van der Waals surface area contributed by atoms with Crippen molar-refractivity contribution in [3.63, 3.8) is 0 Å². The molecule has 17 heavy (non-hydrogen) atoms. The van der Waals surface area contributed by atoms with Crippen LogP contribution in [0.5, 0.6) is 0 Å². The van der Waals surface area contributed by atoms with Gasteiger partial charge in [0.15, 0.2) is 12.7 Å². The maximum Gasteiger partial charge on any atom is 0.313 e. The Balaban J connectivity index is 2.30. The third kappa shape index (κ3) is 2.74. The molecular formula is C12H9F3NS+. The number of nitrogens with zero attached hydrogens (tertiary/aromatic N) is 1. The van der Waals surface area contributed by atoms with Crippen molar-refractivity contribution in [3.8, 4) is 0 Å². The fourth-order valence-corrected chi connectivity index (χ4v) is 2.25. The second-order valence-electron chi connectivity index (χ2n) is 3.40. The molecule has 0 atom stereocenters. The summed E-state index contributed by atoms with van der Waals surface area (Å²) in [5.74, 6) is -1.45. The molecule has 0 spiro atoms. The lowest BCUT2D eigenvalue weighted by molar-refractivity contribution is -0.686. The van der Waals surface area contributed by atoms with Gasteiger partial charge in [0.05, 0.1) is 5.38 Å². The van der Waals surface area contributed by atoms with E-state index in [2.05, 4.69) is 0 Å². The fourth-order valence-electron chi connectivity index (χ4n) is 1.47. The van der Waals surface area contributed by atoms with Gasteiger partial charge in [-0.3, -0.25) is 0 Å². The third-order valence-electron chi connectivity index (χ3n) is 2.23. The third-order valence-corrected chi connectivity index (χ3v) is 3.13. The van der Waals surface area contributed by atoms with Crippen LogP contribution in [0.4, 0.5) is 13.2 Å². The monoisotopic (exact) mass is 256 g/mol. The molecule has 0 aliphatic heterocycles. The van der Waals surface area contributed by atoms with E-state index >= 15 is 0 Å². The van der Waals surface area contributed by atoms with Gasteiger partial charge in [0.1, 0.15) is 0 Å². The largest absolute Gasteiger partial charge is 0.313 e. The summed E-state index contributed by atoms with van der Waals surface area (Å²) in [6.07, 6.45) is -0.690. The highest BCUT2D eigenvalue weighted by atomic mass is 32.1. The van der Waals surface area contributed by atoms with E-state index in [9.17, 15) is 13.2 Å². The van der Waals surface area contributed by atoms with Gasteiger partial charge in [0, 0.05) is 5.56 Å². The highest BCUT2D eigenvalue weighted by Gasteiger charge is 2.22. The van der Waals surface area contributed by atoms with Crippen molar-refractivity contribution < 1.29 is 17.7 Å². The summed E-state index contributed by atoms with van der Waals surface area (Å²) >= 11 is 0.955. The number of hydrogen-bond acceptors (Lipinski definition) is 1. The van der Waals surface area contributed by atoms with Gasteiger partial charge < -0.3 is 0 Å². The van der Waals surface area contributed by atoms with E-state index in [-0.39, 0.29) is 5.01 Å². The Labute approximate surface area is 100 Å². The molecule has 1 aromatic heterocycles. The lowest BCUT2D eigenvalue weighted by atomic mass is 10.2. The van der Waals surface area contributed by atoms with Crippen LogP contribution < -0.4 is 4.57 Å². The molecule has 5 heteroatoms. The van der Waals surface area contributed by atoms with E-state index in [0.717, 1.165) is 16.9 Å². The highest BCUT2D eigenvalue weighted by Crippen LogP contribution is 2.22. The lowest BCUT2D eigenvalue weighted by Crippen LogP contribution is -2.35. The van der Waals surface area contributed by atoms with Gasteiger partial charge in [-0.15, -0.1) is 0 Å². The predicted molar refractivity (Wildman–Crippen MR) is 60.3 cm³/mol. The number of hydrogen-bond donors (Lipinski definition) is 0. The first kappa shape index (κ1) is 11.9. The van der Waals surface area contributed by atoms with E-state index in [1.807, 2.05) is 30.3 Å². The van der Waals surface area contributed by atoms with Crippen molar-refractivity contribution in [1.29, 1.82) is 0 Å². The van der Waals surface area contributed by atoms with Crippen LogP contribution in [0.15, 0.2) is 48.0 Å². The number of aromatic nitrogens is 1. The first-order valence-corrected chi connectivity index (χ1v) is 5.78. The molecule has 0 N–H and O–H groups in total. The van der Waals surface area contributed by atoms with Crippen LogP contribution in [-0.2, 0) is 6.54 Å². The Morgan fingerprint density at radius 3 is 2.47 bits per heavy atom. The van der Waals surface area contributed by atoms with Gasteiger partial charge >= 0.3 is 11.1 Å². The van der Waals surface area contributed by atoms with Crippen LogP contribution in [0.3, 0.4) is 0 Å². The Bertz CT molecular complexity index is 530. The number of thiazole rings is 1. The number of rotatable bonds is 3. The van der Waals surface area contributed by atoms with Crippen molar-refractivity contribution in [2.24, 2.45) is 0 Å². The smallest absolute Gasteiger partial charge is 0.193 e. The fraction of sp³-hybridized carbons (Fsp3) is 0.0833. The molecule has 0 saturated carbocycles. The van der Waals surface area contributed by atoms with Crippen molar-refractivity contribution in [1.82, 2.24) is 0 Å². The maximum absolute atomic E-state index is 13.2. The molecule has 1 aromatic carbocycles. The van der Waals surface area contributed by atoms with Crippen LogP contribution >= 0.6 is 11.3 Å². The number of benzene rings is 1. The van der Waals surface area contributed by atoms with Crippen molar-refractivity contribution in [3.05, 3.63) is 58.6 Å². The average molecular weight is 256 g/mol. The molecule has 2 rings (SSSR count). The molecule has 1 nitrogen and oxygen atoms in total. The molecule has 0 aliphatic rings. The minimum Gasteiger partial charge on any atom is -0.193 e. The zero-order valence-corrected chi connectivity index (χ0v) is 9.55. The summed E-state index contributed by atoms with van der Waals surface area (Å²) in [6, 6.07) is 9.29. The highest BCUT2D eigenvalue weighted by molar-refractivity contribution is 7.10. The Morgan fingerprint density at radius 2 is 1.82 bits per heavy atom. The van der Waals surface area contributed by atoms with Crippen LogP contribution in [0, 0.1) is 0 Å². The Hall–Kier alpha value is -1.62. The quantitative estimate of drug-likeness (QED) is 0.738. The molecule has 0 unspecified atom stereocenters. The zero-order valence-electron chi connectivity index (χ0n) is 8.74. The SMILES string of the molecule is FC(F)=C(F)c1scc[n+]1Cc1ccccc1. The molecule has 0 radical (unpaired) electrons. The second-order valence-corrected chi connectivity index (χ2v) is 4.29. The van der Waals surface area contributed by atoms with E-state index < -0.39 is 11.9 Å². The van der Waals surface area contributed by atoms with Gasteiger partial charge in [-0.2, -0.15) is 17.7 Å². The average Bonchev–Trinajstić information content (AvgIpc) is 2.77. The second kappa shape index (κ2) is 5.14. The molecule has 0 saturated heterocycles. The summed E-state index contributed by atoms with van der Waals surface area (Å²) in [6.45, 7) is 0.375. The molecular weight excluding hydrogens is 247 g/mol. The lowest BCUT2D eigenvalue weighted by Gasteiger charge is -1.97. The standard InChI is InChI=1S/C12H9F3NS/c13-10(11(14)15)12-16(6-7-17-12)8-9-4-2-1-3-5-9/h1-7H,8H2/q+1. The summed E-state index contributed by atoms with van der Waals surface area (Å²) in [5.41, 5.74) is 0.934. The van der Waals surface area contributed by atoms with E-state index in [4.69, 9.17) is 0 Å². The summed E-state index contributed by atoms with van der Waals surface area (Å²) in [7, 11) is 0. The van der Waals surface area contributed by atoms with Gasteiger partial charge in [-0.05, 0) is 0 Å². The normalized spacial score (nSPS) is 10.3. The van der Waals surface area contributed by atoms with E-state index in [0.29, 0.717) is 6.54 Å². The Kier molecular flexibility index (Phi) is 3.58. The van der Waals surface area contributed by atoms with Gasteiger partial charge in [0.2, 0.25) is 0 Å². The minimum absolute atomic E-state index is 0.0612. The van der Waals surface area contributed by atoms with Gasteiger partial charge in [-0.25, -0.2) is 0 Å². The van der Waals surface area contributed by atoms with Crippen LogP contribution in [0.25, 0.3) is 5.83 Å². The molecule has 2 aromatic rings. The first-order chi connectivity index (χ1) is 8.18. The molecule has 0 bridgehead atoms. The number of halogens is 3. The van der Waals surface area contributed by atoms with Crippen LogP contribution in [-0.4, -0.2) is 0 Å². The molecule has 0 amide bonds. The maximum atomic E-state index is 13.2. The predicted octanol–water partition coefficient (Wildman–Crippen LogP) is 3.62. The topological polar surface area (TPSA) is 3.88 Å². The minimum atomic E-state index is -2.28. The zero-order chi connectivity index (χ0) is 12.3. The summed E-state index contributed by atoms with van der Waals surface area (Å²) < 4.78 is 39.1. The Morgan fingerprint density at radius 1 is 1.12 bits per heavy atom. The van der Waals surface area contributed by atoms with Crippen LogP contribution in [0.1, 0.15) is 10.6 Å². The van der Waals surface area contributed by atoms with E-state index in [1.165, 1.54) is 4.57 Å². The van der Waals surface area contributed by atoms with Crippen molar-refractivity contribution >= 4 is 17.2 Å². The molecule has 0 aliphatic carbocycles. The first-order valence-electron chi connectivity index (χ1n) is 4.90. The van der Waals surface area contributed by atoms with Crippen molar-refractivity contribution in [2.75, 3.05) is 0 Å². The molecule has 88 valence electrons. The molecule has 1 heterocycles. The van der Waals surface area contributed by atoms with Crippen molar-refractivity contribution in [2.45, 2.75) is 6.54 Å². The summed E-state index contributed by atoms with van der Waals surface area (Å²) in [4.78, 5) is 0. The summed E-state index contributed by atoms with van der Waals surface area (Å²) in [5, 5.41) is 1.52. The van der Waals surface area contributed by atoms with E-state index in [1.54, 1.807) is 11.6 Å². The van der Waals surface area contributed by atoms with Crippen LogP contribution in [0.2, 0.25) is 0 Å². The van der Waals surface area contributed by atoms with Gasteiger partial charge in [0.25, 0.3) is 5.83 Å². The molecule has 0 fully saturated rings. The van der Waals surface area contributed by atoms with Gasteiger partial charge in [-0.1, -0.05) is 41.7 Å².